The maximum Gasteiger partial charge on any atom is 0.336 e. The van der Waals surface area contributed by atoms with Crippen molar-refractivity contribution in [2.75, 3.05) is 38.3 Å². The maximum atomic E-state index is 6.33. The van der Waals surface area contributed by atoms with Gasteiger partial charge in [-0.3, -0.25) is 4.90 Å². The minimum absolute atomic E-state index is 0.240. The molecular formula is C25H39ClN7O+. The molecule has 1 saturated carbocycles. The summed E-state index contributed by atoms with van der Waals surface area (Å²) in [5.74, 6) is 2.06. The molecule has 1 aromatic carbocycles. The van der Waals surface area contributed by atoms with Crippen LogP contribution in [0, 0.1) is 0 Å². The summed E-state index contributed by atoms with van der Waals surface area (Å²) in [6, 6.07) is 5.98. The number of hydrogen-bond donors (Lipinski definition) is 2. The number of nitrogens with two attached hydrogens (primary N) is 1. The monoisotopic (exact) mass is 488 g/mol. The molecule has 2 heterocycles. The summed E-state index contributed by atoms with van der Waals surface area (Å²) in [6.07, 6.45) is 11.5. The highest BCUT2D eigenvalue weighted by atomic mass is 35.5. The summed E-state index contributed by atoms with van der Waals surface area (Å²) >= 11 is 6.33. The molecule has 1 saturated heterocycles. The Morgan fingerprint density at radius 2 is 1.82 bits per heavy atom. The molecule has 0 bridgehead atoms. The summed E-state index contributed by atoms with van der Waals surface area (Å²) in [5.41, 5.74) is 7.05. The van der Waals surface area contributed by atoms with Crippen LogP contribution in [0.15, 0.2) is 18.2 Å². The molecule has 3 N–H and O–H groups in total. The number of halogens is 1. The third-order valence-electron chi connectivity index (χ3n) is 7.67. The van der Waals surface area contributed by atoms with Crippen LogP contribution in [0.25, 0.3) is 0 Å². The van der Waals surface area contributed by atoms with Crippen molar-refractivity contribution in [2.24, 2.45) is 0 Å². The Hall–Kier alpha value is -2.16. The van der Waals surface area contributed by atoms with Crippen LogP contribution in [0.3, 0.4) is 0 Å². The second-order valence-corrected chi connectivity index (χ2v) is 10.1. The summed E-state index contributed by atoms with van der Waals surface area (Å²) in [5, 5.41) is 3.81. The SMILES string of the molecule is CCN1CCCCC1[N+](C)(c1nc(N)nc(Nc2ccc(OC)c(Cl)c2)n1)C1CCCCCC1. The van der Waals surface area contributed by atoms with E-state index in [0.29, 0.717) is 33.4 Å². The molecule has 4 rings (SSSR count). The van der Waals surface area contributed by atoms with Gasteiger partial charge in [0, 0.05) is 25.2 Å². The number of anilines is 3. The number of ether oxygens (including phenoxy) is 1. The van der Waals surface area contributed by atoms with Crippen molar-refractivity contribution >= 4 is 35.1 Å². The zero-order valence-corrected chi connectivity index (χ0v) is 21.5. The van der Waals surface area contributed by atoms with Gasteiger partial charge in [0.1, 0.15) is 5.75 Å². The number of quaternary nitrogens is 1. The Bertz CT molecular complexity index is 966. The van der Waals surface area contributed by atoms with Crippen molar-refractivity contribution < 1.29 is 4.74 Å². The van der Waals surface area contributed by atoms with Gasteiger partial charge in [-0.25, -0.2) is 4.48 Å². The second kappa shape index (κ2) is 11.1. The predicted octanol–water partition coefficient (Wildman–Crippen LogP) is 5.35. The van der Waals surface area contributed by atoms with Crippen LogP contribution in [0.5, 0.6) is 5.75 Å². The minimum atomic E-state index is 0.240. The lowest BCUT2D eigenvalue weighted by molar-refractivity contribution is 0.00420. The number of nitrogen functional groups attached to an aromatic ring is 1. The van der Waals surface area contributed by atoms with E-state index in [1.807, 2.05) is 12.1 Å². The number of nitrogens with zero attached hydrogens (tertiary/aromatic N) is 5. The third kappa shape index (κ3) is 5.24. The first-order chi connectivity index (χ1) is 16.5. The fraction of sp³-hybridized carbons (Fsp3) is 0.640. The molecule has 1 aromatic heterocycles. The Morgan fingerprint density at radius 3 is 2.50 bits per heavy atom. The van der Waals surface area contributed by atoms with Crippen LogP contribution in [-0.4, -0.2) is 59.3 Å². The molecule has 2 atom stereocenters. The van der Waals surface area contributed by atoms with Gasteiger partial charge in [0.2, 0.25) is 11.9 Å². The molecule has 1 aliphatic heterocycles. The highest BCUT2D eigenvalue weighted by molar-refractivity contribution is 6.32. The van der Waals surface area contributed by atoms with Crippen LogP contribution in [0.4, 0.5) is 23.5 Å². The van der Waals surface area contributed by atoms with Crippen molar-refractivity contribution in [3.63, 3.8) is 0 Å². The molecule has 2 aliphatic rings. The van der Waals surface area contributed by atoms with Crippen molar-refractivity contribution in [3.05, 3.63) is 23.2 Å². The molecule has 0 radical (unpaired) electrons. The number of rotatable bonds is 7. The predicted molar refractivity (Wildman–Crippen MR) is 140 cm³/mol. The Balaban J connectivity index is 1.73. The standard InChI is InChI=1S/C25H39ClN7O/c1-4-32-16-10-9-13-22(32)33(2,19-11-7-5-6-8-12-19)25-30-23(27)29-24(31-25)28-18-14-15-21(34-3)20(26)17-18/h14-15,17,19,22H,4-13,16H2,1-3H3,(H3,27,28,29,30,31)/q+1. The van der Waals surface area contributed by atoms with Gasteiger partial charge in [0.05, 0.1) is 25.2 Å². The molecule has 2 unspecified atom stereocenters. The van der Waals surface area contributed by atoms with E-state index < -0.39 is 0 Å². The number of hydrogen-bond acceptors (Lipinski definition) is 7. The van der Waals surface area contributed by atoms with Gasteiger partial charge >= 0.3 is 5.95 Å². The third-order valence-corrected chi connectivity index (χ3v) is 7.96. The van der Waals surface area contributed by atoms with E-state index in [2.05, 4.69) is 29.2 Å². The van der Waals surface area contributed by atoms with Crippen LogP contribution >= 0.6 is 11.6 Å². The van der Waals surface area contributed by atoms with Crippen LogP contribution in [-0.2, 0) is 0 Å². The Labute approximate surface area is 208 Å². The normalized spacial score (nSPS) is 22.1. The number of likely N-dealkylation sites (tertiary alicyclic amines) is 1. The van der Waals surface area contributed by atoms with E-state index >= 15 is 0 Å². The van der Waals surface area contributed by atoms with E-state index in [1.54, 1.807) is 13.2 Å². The van der Waals surface area contributed by atoms with Gasteiger partial charge in [0.15, 0.2) is 6.17 Å². The highest BCUT2D eigenvalue weighted by Gasteiger charge is 2.48. The van der Waals surface area contributed by atoms with Crippen molar-refractivity contribution in [1.29, 1.82) is 0 Å². The first-order valence-electron chi connectivity index (χ1n) is 12.7. The van der Waals surface area contributed by atoms with Gasteiger partial charge < -0.3 is 15.8 Å². The van der Waals surface area contributed by atoms with Crippen molar-refractivity contribution in [3.8, 4) is 5.75 Å². The van der Waals surface area contributed by atoms with Gasteiger partial charge in [-0.2, -0.15) is 4.98 Å². The number of methoxy groups -OCH3 is 1. The van der Waals surface area contributed by atoms with Crippen molar-refractivity contribution in [2.45, 2.75) is 76.9 Å². The Kier molecular flexibility index (Phi) is 8.11. The summed E-state index contributed by atoms with van der Waals surface area (Å²) < 4.78 is 5.96. The average molecular weight is 489 g/mol. The lowest BCUT2D eigenvalue weighted by atomic mass is 9.98. The van der Waals surface area contributed by atoms with E-state index in [9.17, 15) is 0 Å². The average Bonchev–Trinajstić information content (AvgIpc) is 3.13. The number of nitrogens with one attached hydrogen (secondary N) is 1. The topological polar surface area (TPSA) is 89.2 Å². The van der Waals surface area contributed by atoms with E-state index in [4.69, 9.17) is 32.0 Å². The quantitative estimate of drug-likeness (QED) is 0.401. The van der Waals surface area contributed by atoms with E-state index in [0.717, 1.165) is 31.1 Å². The molecule has 1 aliphatic carbocycles. The number of benzene rings is 1. The zero-order valence-electron chi connectivity index (χ0n) is 20.8. The molecule has 9 heteroatoms. The molecule has 2 fully saturated rings. The van der Waals surface area contributed by atoms with Crippen LogP contribution in [0.1, 0.15) is 64.7 Å². The summed E-state index contributed by atoms with van der Waals surface area (Å²) in [6.45, 7) is 4.41. The molecule has 34 heavy (non-hydrogen) atoms. The van der Waals surface area contributed by atoms with E-state index in [-0.39, 0.29) is 5.95 Å². The smallest absolute Gasteiger partial charge is 0.336 e. The molecule has 0 spiro atoms. The van der Waals surface area contributed by atoms with Gasteiger partial charge in [-0.15, -0.1) is 9.97 Å². The lowest BCUT2D eigenvalue weighted by Gasteiger charge is -2.50. The first-order valence-corrected chi connectivity index (χ1v) is 13.1. The van der Waals surface area contributed by atoms with E-state index in [1.165, 1.54) is 51.4 Å². The first kappa shape index (κ1) is 24.9. The fourth-order valence-electron chi connectivity index (χ4n) is 5.81. The molecule has 8 nitrogen and oxygen atoms in total. The van der Waals surface area contributed by atoms with Gasteiger partial charge in [-0.05, 0) is 56.7 Å². The maximum absolute atomic E-state index is 6.33. The van der Waals surface area contributed by atoms with Crippen molar-refractivity contribution in [1.82, 2.24) is 24.3 Å². The van der Waals surface area contributed by atoms with Crippen LogP contribution in [0.2, 0.25) is 5.02 Å². The Morgan fingerprint density at radius 1 is 1.09 bits per heavy atom. The highest BCUT2D eigenvalue weighted by Crippen LogP contribution is 2.38. The largest absolute Gasteiger partial charge is 0.495 e. The summed E-state index contributed by atoms with van der Waals surface area (Å²) in [4.78, 5) is 16.8. The minimum Gasteiger partial charge on any atom is -0.495 e. The van der Waals surface area contributed by atoms with Gasteiger partial charge in [-0.1, -0.05) is 31.4 Å². The molecule has 2 aromatic rings. The second-order valence-electron chi connectivity index (χ2n) is 9.69. The molecular weight excluding hydrogens is 450 g/mol. The number of aromatic nitrogens is 3. The summed E-state index contributed by atoms with van der Waals surface area (Å²) in [7, 11) is 3.93. The zero-order chi connectivity index (χ0) is 24.1. The fourth-order valence-corrected chi connectivity index (χ4v) is 6.07. The lowest BCUT2D eigenvalue weighted by Crippen LogP contribution is -2.67. The number of piperidine rings is 1. The van der Waals surface area contributed by atoms with Gasteiger partial charge in [0.25, 0.3) is 0 Å². The molecule has 0 amide bonds. The molecule has 186 valence electrons. The van der Waals surface area contributed by atoms with Crippen LogP contribution < -0.4 is 20.3 Å².